The topological polar surface area (TPSA) is 127 Å². The molecule has 3 aromatic rings. The highest BCUT2D eigenvalue weighted by Gasteiger charge is 2.42. The van der Waals surface area contributed by atoms with Gasteiger partial charge in [-0.05, 0) is 82.7 Å². The number of rotatable bonds is 7. The molecule has 1 fully saturated rings. The van der Waals surface area contributed by atoms with E-state index in [4.69, 9.17) is 11.1 Å². The smallest absolute Gasteiger partial charge is 0.245 e. The zero-order valence-corrected chi connectivity index (χ0v) is 21.5. The summed E-state index contributed by atoms with van der Waals surface area (Å²) in [6.45, 7) is 0.953. The number of carbonyl (C=O) groups is 2. The third kappa shape index (κ3) is 6.16. The van der Waals surface area contributed by atoms with Gasteiger partial charge in [0.25, 0.3) is 0 Å². The van der Waals surface area contributed by atoms with Crippen LogP contribution in [0.25, 0.3) is 17.0 Å². The number of piperidine rings is 1. The first-order valence-electron chi connectivity index (χ1n) is 11.7. The van der Waals surface area contributed by atoms with Gasteiger partial charge in [0.1, 0.15) is 17.2 Å². The van der Waals surface area contributed by atoms with Crippen molar-refractivity contribution < 1.29 is 18.4 Å². The third-order valence-corrected chi connectivity index (χ3v) is 7.14. The van der Waals surface area contributed by atoms with Gasteiger partial charge in [0, 0.05) is 42.8 Å². The molecule has 194 valence electrons. The average molecular weight is 573 g/mol. The van der Waals surface area contributed by atoms with Crippen molar-refractivity contribution in [1.82, 2.24) is 20.5 Å². The fraction of sp³-hybridized carbons (Fsp3) is 0.269. The van der Waals surface area contributed by atoms with Crippen molar-refractivity contribution in [2.45, 2.75) is 24.8 Å². The highest BCUT2D eigenvalue weighted by molar-refractivity contribution is 9.10. The van der Waals surface area contributed by atoms with Gasteiger partial charge in [-0.15, -0.1) is 0 Å². The van der Waals surface area contributed by atoms with Crippen LogP contribution in [-0.2, 0) is 16.0 Å². The molecule has 2 heterocycles. The molecule has 1 aromatic heterocycles. The van der Waals surface area contributed by atoms with Crippen molar-refractivity contribution in [3.05, 3.63) is 75.9 Å². The van der Waals surface area contributed by atoms with Crippen molar-refractivity contribution in [2.75, 3.05) is 19.6 Å². The van der Waals surface area contributed by atoms with Crippen molar-refractivity contribution in [1.29, 1.82) is 5.41 Å². The number of halogens is 3. The van der Waals surface area contributed by atoms with Gasteiger partial charge in [-0.3, -0.25) is 15.0 Å². The first-order chi connectivity index (χ1) is 17.7. The van der Waals surface area contributed by atoms with Crippen LogP contribution in [-0.4, -0.2) is 52.8 Å². The molecule has 37 heavy (non-hydrogen) atoms. The minimum absolute atomic E-state index is 0.0892. The highest BCUT2D eigenvalue weighted by atomic mass is 79.9. The number of likely N-dealkylation sites (tertiary alicyclic amines) is 1. The zero-order chi connectivity index (χ0) is 26.6. The number of carbonyl (C=O) groups excluding carboxylic acids is 2. The Bertz CT molecular complexity index is 1360. The molecule has 4 rings (SSSR count). The molecule has 1 saturated heterocycles. The third-order valence-electron chi connectivity index (χ3n) is 6.53. The second kappa shape index (κ2) is 11.1. The van der Waals surface area contributed by atoms with Crippen LogP contribution in [0.4, 0.5) is 8.78 Å². The summed E-state index contributed by atoms with van der Waals surface area (Å²) in [6.07, 6.45) is 5.62. The van der Waals surface area contributed by atoms with Gasteiger partial charge < -0.3 is 26.3 Å². The minimum Gasteiger partial charge on any atom is -0.370 e. The van der Waals surface area contributed by atoms with E-state index in [1.54, 1.807) is 23.2 Å². The largest absolute Gasteiger partial charge is 0.370 e. The molecule has 0 spiro atoms. The van der Waals surface area contributed by atoms with Crippen LogP contribution in [0.15, 0.2) is 53.1 Å². The van der Waals surface area contributed by atoms with Crippen molar-refractivity contribution >= 4 is 50.7 Å². The normalized spacial score (nSPS) is 15.2. The Morgan fingerprint density at radius 3 is 2.65 bits per heavy atom. The SMILES string of the molecule is N=C(N)N1CCC(NC(=O)/C=C/c2ccc(F)c(Br)c2)(C(=O)NCCc2c[nH]c3ccc(F)cc23)CC1. The molecule has 2 amide bonds. The molecule has 0 radical (unpaired) electrons. The van der Waals surface area contributed by atoms with Gasteiger partial charge in [-0.25, -0.2) is 8.78 Å². The number of amides is 2. The van der Waals surface area contributed by atoms with Gasteiger partial charge in [0.15, 0.2) is 5.96 Å². The van der Waals surface area contributed by atoms with E-state index in [0.717, 1.165) is 16.5 Å². The van der Waals surface area contributed by atoms with E-state index in [-0.39, 0.29) is 41.5 Å². The number of nitrogens with zero attached hydrogens (tertiary/aromatic N) is 1. The van der Waals surface area contributed by atoms with E-state index >= 15 is 0 Å². The Morgan fingerprint density at radius 2 is 1.95 bits per heavy atom. The lowest BCUT2D eigenvalue weighted by Gasteiger charge is -2.41. The summed E-state index contributed by atoms with van der Waals surface area (Å²) in [5.41, 5.74) is 6.71. The second-order valence-corrected chi connectivity index (χ2v) is 9.81. The Balaban J connectivity index is 1.44. The van der Waals surface area contributed by atoms with Crippen molar-refractivity contribution in [2.24, 2.45) is 5.73 Å². The van der Waals surface area contributed by atoms with Gasteiger partial charge in [-0.2, -0.15) is 0 Å². The van der Waals surface area contributed by atoms with E-state index in [9.17, 15) is 18.4 Å². The first-order valence-corrected chi connectivity index (χ1v) is 12.5. The van der Waals surface area contributed by atoms with Crippen LogP contribution in [0.1, 0.15) is 24.0 Å². The fourth-order valence-electron chi connectivity index (χ4n) is 4.44. The van der Waals surface area contributed by atoms with E-state index in [1.807, 2.05) is 0 Å². The quantitative estimate of drug-likeness (QED) is 0.169. The summed E-state index contributed by atoms with van der Waals surface area (Å²) in [4.78, 5) is 30.9. The monoisotopic (exact) mass is 572 g/mol. The molecule has 1 aliphatic rings. The Kier molecular flexibility index (Phi) is 7.91. The van der Waals surface area contributed by atoms with Crippen molar-refractivity contribution in [3.63, 3.8) is 0 Å². The summed E-state index contributed by atoms with van der Waals surface area (Å²) in [5, 5.41) is 14.2. The molecule has 1 aliphatic heterocycles. The summed E-state index contributed by atoms with van der Waals surface area (Å²) < 4.78 is 27.4. The Morgan fingerprint density at radius 1 is 1.19 bits per heavy atom. The standard InChI is InChI=1S/C26H27BrF2N6O2/c27-20-13-16(1-4-21(20)29)2-6-23(36)34-26(8-11-35(12-9-26)25(30)31)24(37)32-10-7-17-15-33-22-5-3-18(28)14-19(17)22/h1-6,13-15,33H,7-12H2,(H3,30,31)(H,32,37)(H,34,36)/b6-2+. The number of aromatic amines is 1. The Hall–Kier alpha value is -3.73. The predicted molar refractivity (Wildman–Crippen MR) is 142 cm³/mol. The predicted octanol–water partition coefficient (Wildman–Crippen LogP) is 3.42. The van der Waals surface area contributed by atoms with E-state index in [2.05, 4.69) is 31.5 Å². The molecule has 0 atom stereocenters. The van der Waals surface area contributed by atoms with Crippen LogP contribution in [0.3, 0.4) is 0 Å². The number of aromatic nitrogens is 1. The number of hydrogen-bond donors (Lipinski definition) is 5. The van der Waals surface area contributed by atoms with Crippen LogP contribution < -0.4 is 16.4 Å². The fourth-order valence-corrected chi connectivity index (χ4v) is 4.84. The lowest BCUT2D eigenvalue weighted by atomic mass is 9.86. The Labute approximate surface area is 220 Å². The lowest BCUT2D eigenvalue weighted by Crippen LogP contribution is -2.64. The number of guanidine groups is 1. The summed E-state index contributed by atoms with van der Waals surface area (Å²) in [7, 11) is 0. The summed E-state index contributed by atoms with van der Waals surface area (Å²) in [6, 6.07) is 8.87. The van der Waals surface area contributed by atoms with E-state index in [1.165, 1.54) is 36.4 Å². The number of fused-ring (bicyclic) bond motifs is 1. The lowest BCUT2D eigenvalue weighted by molar-refractivity contribution is -0.133. The van der Waals surface area contributed by atoms with Crippen molar-refractivity contribution in [3.8, 4) is 0 Å². The molecule has 0 saturated carbocycles. The first kappa shape index (κ1) is 26.3. The van der Waals surface area contributed by atoms with E-state index in [0.29, 0.717) is 25.1 Å². The molecule has 0 aliphatic carbocycles. The molecule has 6 N–H and O–H groups in total. The number of hydrogen-bond acceptors (Lipinski definition) is 3. The van der Waals surface area contributed by atoms with Crippen LogP contribution >= 0.6 is 15.9 Å². The van der Waals surface area contributed by atoms with Gasteiger partial charge in [0.05, 0.1) is 4.47 Å². The molecular weight excluding hydrogens is 546 g/mol. The number of H-pyrrole nitrogens is 1. The van der Waals surface area contributed by atoms with E-state index < -0.39 is 17.3 Å². The summed E-state index contributed by atoms with van der Waals surface area (Å²) in [5.74, 6) is -1.65. The van der Waals surface area contributed by atoms with Crippen LogP contribution in [0, 0.1) is 17.0 Å². The molecule has 11 heteroatoms. The maximum atomic E-state index is 13.7. The summed E-state index contributed by atoms with van der Waals surface area (Å²) >= 11 is 3.12. The van der Waals surface area contributed by atoms with Crippen LogP contribution in [0.2, 0.25) is 0 Å². The second-order valence-electron chi connectivity index (χ2n) is 8.96. The number of benzene rings is 2. The molecule has 0 unspecified atom stereocenters. The average Bonchev–Trinajstić information content (AvgIpc) is 3.27. The van der Waals surface area contributed by atoms with Crippen LogP contribution in [0.5, 0.6) is 0 Å². The number of nitrogens with one attached hydrogen (secondary N) is 4. The maximum Gasteiger partial charge on any atom is 0.245 e. The van der Waals surface area contributed by atoms with Gasteiger partial charge in [-0.1, -0.05) is 6.07 Å². The van der Waals surface area contributed by atoms with Gasteiger partial charge in [0.2, 0.25) is 11.8 Å². The molecule has 8 nitrogen and oxygen atoms in total. The maximum absolute atomic E-state index is 13.7. The number of nitrogens with two attached hydrogens (primary N) is 1. The molecular formula is C26H27BrF2N6O2. The molecule has 2 aromatic carbocycles. The molecule has 0 bridgehead atoms. The zero-order valence-electron chi connectivity index (χ0n) is 19.9. The highest BCUT2D eigenvalue weighted by Crippen LogP contribution is 2.24. The minimum atomic E-state index is -1.19. The van der Waals surface area contributed by atoms with Gasteiger partial charge >= 0.3 is 0 Å².